The van der Waals surface area contributed by atoms with Crippen LogP contribution in [0.3, 0.4) is 0 Å². The van der Waals surface area contributed by atoms with Crippen LogP contribution in [-0.4, -0.2) is 12.5 Å². The summed E-state index contributed by atoms with van der Waals surface area (Å²) in [5.41, 5.74) is 0.128. The van der Waals surface area contributed by atoms with Crippen molar-refractivity contribution in [3.8, 4) is 0 Å². The number of benzene rings is 1. The summed E-state index contributed by atoms with van der Waals surface area (Å²) >= 11 is 0. The van der Waals surface area contributed by atoms with Crippen LogP contribution in [-0.2, 0) is 4.79 Å². The van der Waals surface area contributed by atoms with E-state index in [2.05, 4.69) is 5.32 Å². The number of nitrogens with one attached hydrogen (secondary N) is 1. The molecule has 0 aliphatic carbocycles. The van der Waals surface area contributed by atoms with Gasteiger partial charge in [-0.15, -0.1) is 0 Å². The molecule has 0 aromatic heterocycles. The molecular weight excluding hydrogens is 217 g/mol. The van der Waals surface area contributed by atoms with Crippen molar-refractivity contribution in [1.29, 1.82) is 0 Å². The molecule has 0 fully saturated rings. The topological polar surface area (TPSA) is 29.1 Å². The molecule has 2 nitrogen and oxygen atoms in total. The van der Waals surface area contributed by atoms with E-state index < -0.39 is 5.41 Å². The zero-order valence-corrected chi connectivity index (χ0v) is 10.5. The van der Waals surface area contributed by atoms with Gasteiger partial charge in [0.15, 0.2) is 0 Å². The minimum atomic E-state index is -0.397. The first-order valence-electron chi connectivity index (χ1n) is 5.60. The maximum atomic E-state index is 13.2. The Kier molecular flexibility index (Phi) is 4.44. The average molecular weight is 235 g/mol. The smallest absolute Gasteiger partial charge is 0.225 e. The second-order valence-corrected chi connectivity index (χ2v) is 4.88. The first kappa shape index (κ1) is 13.4. The lowest BCUT2D eigenvalue weighted by atomic mass is 9.96. The van der Waals surface area contributed by atoms with E-state index >= 15 is 0 Å². The molecule has 0 atom stereocenters. The van der Waals surface area contributed by atoms with Crippen LogP contribution in [0.15, 0.2) is 30.3 Å². The SMILES string of the molecule is CC(C)(C)C(=O)NC/C=C\c1ccccc1F. The van der Waals surface area contributed by atoms with Crippen molar-refractivity contribution in [3.63, 3.8) is 0 Å². The van der Waals surface area contributed by atoms with Crippen molar-refractivity contribution in [2.75, 3.05) is 6.54 Å². The lowest BCUT2D eigenvalue weighted by Gasteiger charge is -2.16. The molecule has 0 aliphatic rings. The highest BCUT2D eigenvalue weighted by Crippen LogP contribution is 2.12. The van der Waals surface area contributed by atoms with Crippen molar-refractivity contribution in [1.82, 2.24) is 5.32 Å². The van der Waals surface area contributed by atoms with E-state index in [0.717, 1.165) is 0 Å². The van der Waals surface area contributed by atoms with E-state index in [1.54, 1.807) is 30.4 Å². The van der Waals surface area contributed by atoms with Gasteiger partial charge in [-0.25, -0.2) is 4.39 Å². The Balaban J connectivity index is 2.47. The fraction of sp³-hybridized carbons (Fsp3) is 0.357. The van der Waals surface area contributed by atoms with E-state index in [1.807, 2.05) is 20.8 Å². The molecule has 92 valence electrons. The Labute approximate surface area is 102 Å². The van der Waals surface area contributed by atoms with Gasteiger partial charge < -0.3 is 5.32 Å². The monoisotopic (exact) mass is 235 g/mol. The van der Waals surface area contributed by atoms with Gasteiger partial charge in [-0.1, -0.05) is 51.1 Å². The number of amides is 1. The maximum absolute atomic E-state index is 13.2. The van der Waals surface area contributed by atoms with Crippen molar-refractivity contribution < 1.29 is 9.18 Å². The average Bonchev–Trinajstić information content (AvgIpc) is 2.25. The summed E-state index contributed by atoms with van der Waals surface area (Å²) in [7, 11) is 0. The normalized spacial score (nSPS) is 11.8. The number of halogens is 1. The summed E-state index contributed by atoms with van der Waals surface area (Å²) in [5, 5.41) is 2.76. The predicted molar refractivity (Wildman–Crippen MR) is 67.9 cm³/mol. The van der Waals surface area contributed by atoms with E-state index in [9.17, 15) is 9.18 Å². The quantitative estimate of drug-likeness (QED) is 0.857. The molecule has 1 amide bonds. The first-order valence-corrected chi connectivity index (χ1v) is 5.60. The lowest BCUT2D eigenvalue weighted by molar-refractivity contribution is -0.128. The van der Waals surface area contributed by atoms with Gasteiger partial charge in [-0.3, -0.25) is 4.79 Å². The Bertz CT molecular complexity index is 418. The molecule has 0 bridgehead atoms. The van der Waals surface area contributed by atoms with Gasteiger partial charge >= 0.3 is 0 Å². The predicted octanol–water partition coefficient (Wildman–Crippen LogP) is 3.00. The van der Waals surface area contributed by atoms with Crippen LogP contribution in [0.2, 0.25) is 0 Å². The third-order valence-corrected chi connectivity index (χ3v) is 2.26. The lowest BCUT2D eigenvalue weighted by Crippen LogP contribution is -2.34. The molecule has 1 aromatic rings. The Morgan fingerprint density at radius 3 is 2.59 bits per heavy atom. The molecule has 0 spiro atoms. The van der Waals surface area contributed by atoms with Gasteiger partial charge in [0, 0.05) is 17.5 Å². The summed E-state index contributed by atoms with van der Waals surface area (Å²) in [4.78, 5) is 11.5. The molecule has 0 heterocycles. The summed E-state index contributed by atoms with van der Waals surface area (Å²) in [6, 6.07) is 6.52. The highest BCUT2D eigenvalue weighted by Gasteiger charge is 2.19. The molecule has 0 saturated heterocycles. The molecule has 1 N–H and O–H groups in total. The molecule has 0 saturated carbocycles. The van der Waals surface area contributed by atoms with Gasteiger partial charge in [0.2, 0.25) is 5.91 Å². The number of carbonyl (C=O) groups excluding carboxylic acids is 1. The van der Waals surface area contributed by atoms with Crippen LogP contribution >= 0.6 is 0 Å². The van der Waals surface area contributed by atoms with Crippen LogP contribution in [0, 0.1) is 11.2 Å². The van der Waals surface area contributed by atoms with Gasteiger partial charge in [-0.2, -0.15) is 0 Å². The number of rotatable bonds is 3. The van der Waals surface area contributed by atoms with Crippen molar-refractivity contribution >= 4 is 12.0 Å². The minimum Gasteiger partial charge on any atom is -0.352 e. The highest BCUT2D eigenvalue weighted by atomic mass is 19.1. The summed E-state index contributed by atoms with van der Waals surface area (Å²) in [6.07, 6.45) is 3.40. The first-order chi connectivity index (χ1) is 7.91. The van der Waals surface area contributed by atoms with E-state index in [1.165, 1.54) is 6.07 Å². The fourth-order valence-electron chi connectivity index (χ4n) is 1.21. The van der Waals surface area contributed by atoms with E-state index in [-0.39, 0.29) is 11.7 Å². The zero-order valence-electron chi connectivity index (χ0n) is 10.5. The van der Waals surface area contributed by atoms with E-state index in [4.69, 9.17) is 0 Å². The zero-order chi connectivity index (χ0) is 12.9. The van der Waals surface area contributed by atoms with Crippen LogP contribution in [0.25, 0.3) is 6.08 Å². The van der Waals surface area contributed by atoms with Crippen molar-refractivity contribution in [3.05, 3.63) is 41.7 Å². The van der Waals surface area contributed by atoms with Crippen molar-refractivity contribution in [2.45, 2.75) is 20.8 Å². The van der Waals surface area contributed by atoms with Crippen molar-refractivity contribution in [2.24, 2.45) is 5.41 Å². The second kappa shape index (κ2) is 5.62. The third-order valence-electron chi connectivity index (χ3n) is 2.26. The number of hydrogen-bond acceptors (Lipinski definition) is 1. The molecule has 17 heavy (non-hydrogen) atoms. The molecule has 0 aliphatic heterocycles. The van der Waals surface area contributed by atoms with Gasteiger partial charge in [0.1, 0.15) is 5.82 Å². The standard InChI is InChI=1S/C14H18FNO/c1-14(2,3)13(17)16-10-6-8-11-7-4-5-9-12(11)15/h4-9H,10H2,1-3H3,(H,16,17)/b8-6-. The second-order valence-electron chi connectivity index (χ2n) is 4.88. The summed E-state index contributed by atoms with van der Waals surface area (Å²) in [5.74, 6) is -0.276. The Hall–Kier alpha value is -1.64. The van der Waals surface area contributed by atoms with E-state index in [0.29, 0.717) is 12.1 Å². The number of carbonyl (C=O) groups is 1. The van der Waals surface area contributed by atoms with Gasteiger partial charge in [0.05, 0.1) is 0 Å². The van der Waals surface area contributed by atoms with Crippen LogP contribution in [0.1, 0.15) is 26.3 Å². The van der Waals surface area contributed by atoms with Gasteiger partial charge in [0.25, 0.3) is 0 Å². The molecule has 1 rings (SSSR count). The molecule has 3 heteroatoms. The van der Waals surface area contributed by atoms with Gasteiger partial charge in [-0.05, 0) is 6.07 Å². The molecular formula is C14H18FNO. The highest BCUT2D eigenvalue weighted by molar-refractivity contribution is 5.81. The van der Waals surface area contributed by atoms with Crippen LogP contribution in [0.5, 0.6) is 0 Å². The maximum Gasteiger partial charge on any atom is 0.225 e. The molecule has 0 unspecified atom stereocenters. The summed E-state index contributed by atoms with van der Waals surface area (Å²) < 4.78 is 13.2. The third kappa shape index (κ3) is 4.39. The van der Waals surface area contributed by atoms with Crippen LogP contribution in [0.4, 0.5) is 4.39 Å². The number of hydrogen-bond donors (Lipinski definition) is 1. The largest absolute Gasteiger partial charge is 0.352 e. The summed E-state index contributed by atoms with van der Waals surface area (Å²) in [6.45, 7) is 5.96. The fourth-order valence-corrected chi connectivity index (χ4v) is 1.21. The molecule has 0 radical (unpaired) electrons. The Morgan fingerprint density at radius 1 is 1.35 bits per heavy atom. The minimum absolute atomic E-state index is 0.0179. The molecule has 1 aromatic carbocycles. The Morgan fingerprint density at radius 2 is 2.00 bits per heavy atom. The van der Waals surface area contributed by atoms with Crippen LogP contribution < -0.4 is 5.32 Å².